The van der Waals surface area contributed by atoms with Crippen molar-refractivity contribution < 1.29 is 19.4 Å². The first kappa shape index (κ1) is 20.4. The summed E-state index contributed by atoms with van der Waals surface area (Å²) in [5, 5.41) is 14.3. The highest BCUT2D eigenvalue weighted by atomic mass is 32.1. The molecule has 1 aliphatic rings. The topological polar surface area (TPSA) is 91.8 Å². The number of ether oxygens (including phenoxy) is 1. The number of amides is 1. The van der Waals surface area contributed by atoms with Crippen molar-refractivity contribution in [1.29, 1.82) is 0 Å². The lowest BCUT2D eigenvalue weighted by molar-refractivity contribution is -0.141. The molecule has 1 amide bonds. The molecule has 8 heteroatoms. The molecule has 28 heavy (non-hydrogen) atoms. The third kappa shape index (κ3) is 5.60. The molecule has 0 spiro atoms. The fourth-order valence-electron chi connectivity index (χ4n) is 3.04. The van der Waals surface area contributed by atoms with Crippen molar-refractivity contribution in [2.45, 2.75) is 32.4 Å². The van der Waals surface area contributed by atoms with Gasteiger partial charge in [-0.25, -0.2) is 9.78 Å². The SMILES string of the molecule is CCC(NC(=O)Cc1csc(-c2ccc(CN3CCOCC3)cc2)n1)C(=O)O. The van der Waals surface area contributed by atoms with Gasteiger partial charge in [-0.2, -0.15) is 0 Å². The number of rotatable bonds is 8. The predicted octanol–water partition coefficient (Wildman–Crippen LogP) is 2.16. The number of hydrogen-bond acceptors (Lipinski definition) is 6. The van der Waals surface area contributed by atoms with Crippen LogP contribution in [0.15, 0.2) is 29.6 Å². The average molecular weight is 404 g/mol. The van der Waals surface area contributed by atoms with Gasteiger partial charge in [-0.3, -0.25) is 9.69 Å². The lowest BCUT2D eigenvalue weighted by Crippen LogP contribution is -2.41. The number of morpholine rings is 1. The Morgan fingerprint density at radius 3 is 2.64 bits per heavy atom. The quantitative estimate of drug-likeness (QED) is 0.702. The van der Waals surface area contributed by atoms with Crippen LogP contribution < -0.4 is 5.32 Å². The van der Waals surface area contributed by atoms with Crippen LogP contribution in [0.5, 0.6) is 0 Å². The van der Waals surface area contributed by atoms with E-state index >= 15 is 0 Å². The zero-order valence-electron chi connectivity index (χ0n) is 15.9. The Labute approximate surface area is 168 Å². The summed E-state index contributed by atoms with van der Waals surface area (Å²) in [6.07, 6.45) is 0.426. The molecule has 2 heterocycles. The Bertz CT molecular complexity index is 800. The van der Waals surface area contributed by atoms with E-state index in [1.807, 2.05) is 5.38 Å². The van der Waals surface area contributed by atoms with E-state index in [1.165, 1.54) is 16.9 Å². The first-order valence-electron chi connectivity index (χ1n) is 9.41. The number of aromatic nitrogens is 1. The molecular weight excluding hydrogens is 378 g/mol. The van der Waals surface area contributed by atoms with Gasteiger partial charge in [0, 0.05) is 30.6 Å². The molecule has 0 radical (unpaired) electrons. The summed E-state index contributed by atoms with van der Waals surface area (Å²) < 4.78 is 5.38. The van der Waals surface area contributed by atoms with Gasteiger partial charge in [-0.05, 0) is 12.0 Å². The van der Waals surface area contributed by atoms with E-state index in [1.54, 1.807) is 6.92 Å². The van der Waals surface area contributed by atoms with Crippen LogP contribution in [0.25, 0.3) is 10.6 Å². The molecule has 3 rings (SSSR count). The van der Waals surface area contributed by atoms with Gasteiger partial charge in [-0.15, -0.1) is 11.3 Å². The van der Waals surface area contributed by atoms with Crippen molar-refractivity contribution >= 4 is 23.2 Å². The molecule has 1 aliphatic heterocycles. The van der Waals surface area contributed by atoms with E-state index in [9.17, 15) is 9.59 Å². The number of benzene rings is 1. The van der Waals surface area contributed by atoms with Crippen molar-refractivity contribution in [3.8, 4) is 10.6 Å². The molecule has 0 bridgehead atoms. The lowest BCUT2D eigenvalue weighted by atomic mass is 10.1. The van der Waals surface area contributed by atoms with E-state index < -0.39 is 12.0 Å². The molecule has 0 aliphatic carbocycles. The first-order chi connectivity index (χ1) is 13.5. The Morgan fingerprint density at radius 2 is 2.00 bits per heavy atom. The molecule has 1 atom stereocenters. The number of carbonyl (C=O) groups excluding carboxylic acids is 1. The number of carboxylic acid groups (broad SMARTS) is 1. The largest absolute Gasteiger partial charge is 0.480 e. The zero-order valence-corrected chi connectivity index (χ0v) is 16.7. The summed E-state index contributed by atoms with van der Waals surface area (Å²) in [6, 6.07) is 7.46. The molecule has 1 saturated heterocycles. The maximum Gasteiger partial charge on any atom is 0.326 e. The predicted molar refractivity (Wildman–Crippen MR) is 107 cm³/mol. The molecule has 1 fully saturated rings. The number of nitrogens with zero attached hydrogens (tertiary/aromatic N) is 2. The van der Waals surface area contributed by atoms with Crippen LogP contribution >= 0.6 is 11.3 Å². The van der Waals surface area contributed by atoms with Crippen LogP contribution in [0.4, 0.5) is 0 Å². The number of carbonyl (C=O) groups is 2. The number of hydrogen-bond donors (Lipinski definition) is 2. The summed E-state index contributed by atoms with van der Waals surface area (Å²) in [6.45, 7) is 6.14. The van der Waals surface area contributed by atoms with E-state index in [0.717, 1.165) is 43.4 Å². The summed E-state index contributed by atoms with van der Waals surface area (Å²) in [5.41, 5.74) is 2.91. The molecular formula is C20H25N3O4S. The molecule has 2 aromatic rings. The minimum absolute atomic E-state index is 0.0788. The number of thiazole rings is 1. The maximum atomic E-state index is 12.0. The van der Waals surface area contributed by atoms with Gasteiger partial charge in [0.1, 0.15) is 11.0 Å². The van der Waals surface area contributed by atoms with Gasteiger partial charge < -0.3 is 15.2 Å². The molecule has 150 valence electrons. The van der Waals surface area contributed by atoms with Crippen molar-refractivity contribution in [1.82, 2.24) is 15.2 Å². The number of aliphatic carboxylic acids is 1. The van der Waals surface area contributed by atoms with E-state index in [4.69, 9.17) is 9.84 Å². The Morgan fingerprint density at radius 1 is 1.29 bits per heavy atom. The summed E-state index contributed by atoms with van der Waals surface area (Å²) in [5.74, 6) is -1.35. The van der Waals surface area contributed by atoms with Gasteiger partial charge >= 0.3 is 5.97 Å². The highest BCUT2D eigenvalue weighted by Gasteiger charge is 2.18. The molecule has 1 aromatic heterocycles. The maximum absolute atomic E-state index is 12.0. The van der Waals surface area contributed by atoms with Crippen LogP contribution in [0.1, 0.15) is 24.6 Å². The van der Waals surface area contributed by atoms with Crippen molar-refractivity contribution in [3.63, 3.8) is 0 Å². The van der Waals surface area contributed by atoms with E-state index in [0.29, 0.717) is 12.1 Å². The normalized spacial score (nSPS) is 15.9. The number of nitrogens with one attached hydrogen (secondary N) is 1. The molecule has 7 nitrogen and oxygen atoms in total. The van der Waals surface area contributed by atoms with Crippen LogP contribution in [-0.4, -0.2) is 59.2 Å². The van der Waals surface area contributed by atoms with Crippen molar-refractivity contribution in [2.24, 2.45) is 0 Å². The average Bonchev–Trinajstić information content (AvgIpc) is 3.15. The Balaban J connectivity index is 1.57. The highest BCUT2D eigenvalue weighted by Crippen LogP contribution is 2.24. The number of carboxylic acids is 1. The fraction of sp³-hybridized carbons (Fsp3) is 0.450. The fourth-order valence-corrected chi connectivity index (χ4v) is 3.87. The van der Waals surface area contributed by atoms with Crippen molar-refractivity contribution in [3.05, 3.63) is 40.9 Å². The Hall–Kier alpha value is -2.29. The standard InChI is InChI=1S/C20H25N3O4S/c1-2-17(20(25)26)22-18(24)11-16-13-28-19(21-16)15-5-3-14(4-6-15)12-23-7-9-27-10-8-23/h3-6,13,17H,2,7-12H2,1H3,(H,22,24)(H,25,26). The second-order valence-corrected chi connectivity index (χ2v) is 7.63. The molecule has 1 aromatic carbocycles. The van der Waals surface area contributed by atoms with Gasteiger partial charge in [-0.1, -0.05) is 31.2 Å². The van der Waals surface area contributed by atoms with Crippen LogP contribution in [0.3, 0.4) is 0 Å². The molecule has 1 unspecified atom stereocenters. The van der Waals surface area contributed by atoms with Crippen LogP contribution in [-0.2, 0) is 27.3 Å². The second kappa shape index (κ2) is 9.77. The Kier molecular flexibility index (Phi) is 7.13. The van der Waals surface area contributed by atoms with Gasteiger partial charge in [0.15, 0.2) is 0 Å². The minimum atomic E-state index is -1.02. The highest BCUT2D eigenvalue weighted by molar-refractivity contribution is 7.13. The summed E-state index contributed by atoms with van der Waals surface area (Å²) >= 11 is 1.48. The minimum Gasteiger partial charge on any atom is -0.480 e. The lowest BCUT2D eigenvalue weighted by Gasteiger charge is -2.26. The summed E-state index contributed by atoms with van der Waals surface area (Å²) in [7, 11) is 0. The van der Waals surface area contributed by atoms with E-state index in [2.05, 4.69) is 39.5 Å². The molecule has 2 N–H and O–H groups in total. The van der Waals surface area contributed by atoms with Crippen molar-refractivity contribution in [2.75, 3.05) is 26.3 Å². The smallest absolute Gasteiger partial charge is 0.326 e. The van der Waals surface area contributed by atoms with Crippen LogP contribution in [0.2, 0.25) is 0 Å². The second-order valence-electron chi connectivity index (χ2n) is 6.77. The van der Waals surface area contributed by atoms with Gasteiger partial charge in [0.25, 0.3) is 0 Å². The first-order valence-corrected chi connectivity index (χ1v) is 10.3. The molecule has 0 saturated carbocycles. The van der Waals surface area contributed by atoms with Gasteiger partial charge in [0.2, 0.25) is 5.91 Å². The zero-order chi connectivity index (χ0) is 19.9. The third-order valence-electron chi connectivity index (χ3n) is 4.65. The van der Waals surface area contributed by atoms with Gasteiger partial charge in [0.05, 0.1) is 25.3 Å². The van der Waals surface area contributed by atoms with Crippen LogP contribution in [0, 0.1) is 0 Å². The van der Waals surface area contributed by atoms with E-state index in [-0.39, 0.29) is 12.3 Å². The summed E-state index contributed by atoms with van der Waals surface area (Å²) in [4.78, 5) is 30.0. The third-order valence-corrected chi connectivity index (χ3v) is 5.59. The monoisotopic (exact) mass is 403 g/mol.